The van der Waals surface area contributed by atoms with Crippen LogP contribution < -0.4 is 5.73 Å². The standard InChI is InChI=1S/C12H11NO2S2/c1-17(15)10-4-2-8(3-5-10)9-6-11(12(13)14)16-7-9/h2-7H,1H3,(H2,13,14). The van der Waals surface area contributed by atoms with E-state index >= 15 is 0 Å². The van der Waals surface area contributed by atoms with Gasteiger partial charge < -0.3 is 10.3 Å². The molecule has 88 valence electrons. The molecule has 0 aliphatic carbocycles. The van der Waals surface area contributed by atoms with Gasteiger partial charge in [0.2, 0.25) is 0 Å². The van der Waals surface area contributed by atoms with Crippen LogP contribution in [0.25, 0.3) is 11.1 Å². The highest BCUT2D eigenvalue weighted by atomic mass is 32.2. The molecule has 1 atom stereocenters. The Bertz CT molecular complexity index is 532. The summed E-state index contributed by atoms with van der Waals surface area (Å²) >= 11 is 0.361. The van der Waals surface area contributed by atoms with E-state index in [2.05, 4.69) is 0 Å². The third-order valence-corrected chi connectivity index (χ3v) is 4.24. The summed E-state index contributed by atoms with van der Waals surface area (Å²) in [5, 5.41) is 1.89. The van der Waals surface area contributed by atoms with Crippen LogP contribution in [-0.2, 0) is 11.2 Å². The van der Waals surface area contributed by atoms with Crippen molar-refractivity contribution >= 4 is 28.4 Å². The molecule has 3 nitrogen and oxygen atoms in total. The molecule has 0 aliphatic rings. The number of amides is 1. The summed E-state index contributed by atoms with van der Waals surface area (Å²) in [6, 6.07) is 9.21. The third-order valence-electron chi connectivity index (χ3n) is 2.36. The predicted octanol–water partition coefficient (Wildman–Crippen LogP) is 2.25. The van der Waals surface area contributed by atoms with Crippen molar-refractivity contribution in [3.63, 3.8) is 0 Å². The molecular formula is C12H11NO2S2. The van der Waals surface area contributed by atoms with Gasteiger partial charge in [0, 0.05) is 0 Å². The van der Waals surface area contributed by atoms with Crippen LogP contribution in [0.5, 0.6) is 0 Å². The van der Waals surface area contributed by atoms with E-state index in [-0.39, 0.29) is 0 Å². The van der Waals surface area contributed by atoms with E-state index in [1.807, 2.05) is 29.6 Å². The molecule has 2 N–H and O–H groups in total. The summed E-state index contributed by atoms with van der Waals surface area (Å²) in [5.74, 6) is -0.410. The highest BCUT2D eigenvalue weighted by Gasteiger charge is 2.08. The van der Waals surface area contributed by atoms with E-state index in [9.17, 15) is 9.35 Å². The average molecular weight is 265 g/mol. The van der Waals surface area contributed by atoms with Gasteiger partial charge in [-0.1, -0.05) is 0 Å². The van der Waals surface area contributed by atoms with Gasteiger partial charge in [-0.3, -0.25) is 4.79 Å². The van der Waals surface area contributed by atoms with Gasteiger partial charge in [0.15, 0.2) is 4.90 Å². The maximum Gasteiger partial charge on any atom is 0.258 e. The summed E-state index contributed by atoms with van der Waals surface area (Å²) in [7, 11) is 0. The molecule has 0 saturated carbocycles. The molecular weight excluding hydrogens is 254 g/mol. The van der Waals surface area contributed by atoms with Crippen LogP contribution >= 0.6 is 11.3 Å². The van der Waals surface area contributed by atoms with Crippen molar-refractivity contribution in [3.8, 4) is 11.1 Å². The lowest BCUT2D eigenvalue weighted by Crippen LogP contribution is -2.08. The Balaban J connectivity index is 2.30. The van der Waals surface area contributed by atoms with Crippen molar-refractivity contribution in [2.45, 2.75) is 4.90 Å². The molecule has 5 heteroatoms. The Morgan fingerprint density at radius 2 is 1.94 bits per heavy atom. The molecule has 1 amide bonds. The molecule has 0 saturated heterocycles. The first-order chi connectivity index (χ1) is 8.08. The predicted molar refractivity (Wildman–Crippen MR) is 70.6 cm³/mol. The van der Waals surface area contributed by atoms with Crippen molar-refractivity contribution < 1.29 is 9.35 Å². The second kappa shape index (κ2) is 4.91. The quantitative estimate of drug-likeness (QED) is 0.865. The summed E-state index contributed by atoms with van der Waals surface area (Å²) < 4.78 is 11.2. The van der Waals surface area contributed by atoms with Gasteiger partial charge in [0.05, 0.1) is 4.88 Å². The van der Waals surface area contributed by atoms with E-state index in [0.717, 1.165) is 16.0 Å². The fourth-order valence-corrected chi connectivity index (χ4v) is 2.74. The fraction of sp³-hybridized carbons (Fsp3) is 0.0833. The molecule has 1 aromatic carbocycles. The zero-order valence-corrected chi connectivity index (χ0v) is 10.8. The van der Waals surface area contributed by atoms with E-state index in [1.165, 1.54) is 11.3 Å². The highest BCUT2D eigenvalue weighted by Crippen LogP contribution is 2.26. The minimum atomic E-state index is -0.967. The fourth-order valence-electron chi connectivity index (χ4n) is 1.46. The smallest absolute Gasteiger partial charge is 0.258 e. The molecule has 0 radical (unpaired) electrons. The van der Waals surface area contributed by atoms with Gasteiger partial charge in [-0.25, -0.2) is 0 Å². The second-order valence-corrected chi connectivity index (χ2v) is 5.83. The zero-order valence-electron chi connectivity index (χ0n) is 9.17. The van der Waals surface area contributed by atoms with Crippen molar-refractivity contribution in [3.05, 3.63) is 40.6 Å². The Labute approximate surface area is 106 Å². The molecule has 17 heavy (non-hydrogen) atoms. The van der Waals surface area contributed by atoms with Crippen LogP contribution in [-0.4, -0.2) is 16.7 Å². The Morgan fingerprint density at radius 1 is 1.29 bits per heavy atom. The topological polar surface area (TPSA) is 66.2 Å². The minimum absolute atomic E-state index is 0.410. The van der Waals surface area contributed by atoms with Crippen LogP contribution in [0.3, 0.4) is 0 Å². The summed E-state index contributed by atoms with van der Waals surface area (Å²) in [4.78, 5) is 12.3. The Hall–Kier alpha value is -1.30. The van der Waals surface area contributed by atoms with Gasteiger partial charge in [-0.2, -0.15) is 0 Å². The lowest BCUT2D eigenvalue weighted by Gasteiger charge is -2.04. The third kappa shape index (κ3) is 2.69. The minimum Gasteiger partial charge on any atom is -0.612 e. The molecule has 2 aromatic rings. The summed E-state index contributed by atoms with van der Waals surface area (Å²) in [6.07, 6.45) is 1.64. The van der Waals surface area contributed by atoms with E-state index in [4.69, 9.17) is 5.73 Å². The maximum absolute atomic E-state index is 11.2. The maximum atomic E-state index is 11.2. The first kappa shape index (κ1) is 12.2. The first-order valence-electron chi connectivity index (χ1n) is 4.90. The monoisotopic (exact) mass is 265 g/mol. The molecule has 1 aromatic heterocycles. The number of rotatable bonds is 3. The van der Waals surface area contributed by atoms with Crippen LogP contribution in [0.1, 0.15) is 9.67 Å². The molecule has 0 bridgehead atoms. The lowest BCUT2D eigenvalue weighted by molar-refractivity contribution is 0.100. The highest BCUT2D eigenvalue weighted by molar-refractivity contribution is 7.90. The zero-order chi connectivity index (χ0) is 12.4. The van der Waals surface area contributed by atoms with Crippen LogP contribution in [0.4, 0.5) is 0 Å². The van der Waals surface area contributed by atoms with Crippen molar-refractivity contribution in [2.24, 2.45) is 5.73 Å². The van der Waals surface area contributed by atoms with E-state index in [1.54, 1.807) is 12.3 Å². The molecule has 0 fully saturated rings. The van der Waals surface area contributed by atoms with Gasteiger partial charge in [-0.15, -0.1) is 11.3 Å². The molecule has 2 rings (SSSR count). The normalized spacial score (nSPS) is 12.4. The second-order valence-electron chi connectivity index (χ2n) is 3.54. The Morgan fingerprint density at radius 3 is 2.41 bits per heavy atom. The molecule has 1 unspecified atom stereocenters. The number of primary amides is 1. The number of benzene rings is 1. The van der Waals surface area contributed by atoms with Crippen molar-refractivity contribution in [2.75, 3.05) is 6.26 Å². The number of hydrogen-bond donors (Lipinski definition) is 1. The average Bonchev–Trinajstić information content (AvgIpc) is 2.78. The van der Waals surface area contributed by atoms with Crippen LogP contribution in [0, 0.1) is 0 Å². The van der Waals surface area contributed by atoms with Crippen molar-refractivity contribution in [1.29, 1.82) is 0 Å². The molecule has 1 heterocycles. The Kier molecular flexibility index (Phi) is 3.51. The molecule has 0 spiro atoms. The number of carbonyl (C=O) groups excluding carboxylic acids is 1. The number of thiophene rings is 1. The number of carbonyl (C=O) groups is 1. The van der Waals surface area contributed by atoms with Gasteiger partial charge in [-0.05, 0) is 58.0 Å². The lowest BCUT2D eigenvalue weighted by atomic mass is 10.1. The number of nitrogens with two attached hydrogens (primary N) is 1. The summed E-state index contributed by atoms with van der Waals surface area (Å²) in [6.45, 7) is 0. The van der Waals surface area contributed by atoms with Gasteiger partial charge >= 0.3 is 0 Å². The first-order valence-corrected chi connectivity index (χ1v) is 7.34. The van der Waals surface area contributed by atoms with Crippen molar-refractivity contribution in [1.82, 2.24) is 0 Å². The van der Waals surface area contributed by atoms with E-state index in [0.29, 0.717) is 4.88 Å². The largest absolute Gasteiger partial charge is 0.612 e. The van der Waals surface area contributed by atoms with E-state index < -0.39 is 17.1 Å². The SMILES string of the molecule is C[S+]([O-])c1ccc(-c2csc(C(N)=O)c2)cc1. The summed E-state index contributed by atoms with van der Waals surface area (Å²) in [5.41, 5.74) is 7.14. The molecule has 0 aliphatic heterocycles. The number of hydrogen-bond acceptors (Lipinski definition) is 3. The van der Waals surface area contributed by atoms with Crippen LogP contribution in [0.15, 0.2) is 40.6 Å². The van der Waals surface area contributed by atoms with Crippen LogP contribution in [0.2, 0.25) is 0 Å². The van der Waals surface area contributed by atoms with Gasteiger partial charge in [0.1, 0.15) is 6.26 Å². The van der Waals surface area contributed by atoms with Gasteiger partial charge in [0.25, 0.3) is 5.91 Å².